The van der Waals surface area contributed by atoms with Gasteiger partial charge in [-0.15, -0.1) is 0 Å². The molecule has 0 aliphatic heterocycles. The summed E-state index contributed by atoms with van der Waals surface area (Å²) in [6.07, 6.45) is 1.20. The molecule has 1 heterocycles. The minimum absolute atomic E-state index is 0.525. The van der Waals surface area contributed by atoms with Crippen LogP contribution in [0.2, 0.25) is 0 Å². The number of nitrogens with one attached hydrogen (secondary N) is 1. The summed E-state index contributed by atoms with van der Waals surface area (Å²) < 4.78 is 4.99. The van der Waals surface area contributed by atoms with Crippen molar-refractivity contribution < 1.29 is 4.52 Å². The number of hydrogen-bond acceptors (Lipinski definition) is 3. The molecule has 0 aromatic carbocycles. The van der Waals surface area contributed by atoms with Crippen molar-refractivity contribution in [2.24, 2.45) is 5.92 Å². The Balaban J connectivity index is 2.33. The van der Waals surface area contributed by atoms with Gasteiger partial charge in [0, 0.05) is 18.7 Å². The molecular weight excluding hydrogens is 176 g/mol. The summed E-state index contributed by atoms with van der Waals surface area (Å²) in [6.45, 7) is 9.38. The first-order valence-electron chi connectivity index (χ1n) is 5.29. The summed E-state index contributed by atoms with van der Waals surface area (Å²) in [5.41, 5.74) is 0.984. The van der Waals surface area contributed by atoms with Crippen molar-refractivity contribution in [1.29, 1.82) is 0 Å². The molecule has 1 aromatic heterocycles. The van der Waals surface area contributed by atoms with E-state index in [-0.39, 0.29) is 0 Å². The average Bonchev–Trinajstić information content (AvgIpc) is 2.59. The lowest BCUT2D eigenvalue weighted by Gasteiger charge is -2.18. The summed E-state index contributed by atoms with van der Waals surface area (Å²) in [5, 5.41) is 7.38. The summed E-state index contributed by atoms with van der Waals surface area (Å²) in [6, 6.07) is 2.49. The van der Waals surface area contributed by atoms with E-state index in [1.807, 2.05) is 13.0 Å². The lowest BCUT2D eigenvalue weighted by atomic mass is 10.0. The van der Waals surface area contributed by atoms with Crippen molar-refractivity contribution in [3.63, 3.8) is 0 Å². The first kappa shape index (κ1) is 11.2. The Morgan fingerprint density at radius 1 is 1.50 bits per heavy atom. The molecule has 3 heteroatoms. The van der Waals surface area contributed by atoms with Crippen LogP contribution in [0.15, 0.2) is 10.6 Å². The highest BCUT2D eigenvalue weighted by Gasteiger charge is 2.09. The Bertz CT molecular complexity index is 270. The van der Waals surface area contributed by atoms with Crippen LogP contribution >= 0.6 is 0 Å². The number of aromatic nitrogens is 1. The molecule has 1 rings (SSSR count). The number of hydrogen-bond donors (Lipinski definition) is 1. The predicted octanol–water partition coefficient (Wildman–Crippen LogP) is 2.51. The fraction of sp³-hybridized carbons (Fsp3) is 0.727. The zero-order valence-electron chi connectivity index (χ0n) is 9.50. The quantitative estimate of drug-likeness (QED) is 0.786. The van der Waals surface area contributed by atoms with Gasteiger partial charge in [-0.2, -0.15) is 0 Å². The van der Waals surface area contributed by atoms with Crippen LogP contribution in [0, 0.1) is 12.8 Å². The average molecular weight is 196 g/mol. The van der Waals surface area contributed by atoms with E-state index in [2.05, 4.69) is 31.2 Å². The third kappa shape index (κ3) is 3.14. The fourth-order valence-corrected chi connectivity index (χ4v) is 1.32. The fourth-order valence-electron chi connectivity index (χ4n) is 1.32. The second-order valence-corrected chi connectivity index (χ2v) is 3.98. The Hall–Kier alpha value is -0.830. The highest BCUT2D eigenvalue weighted by Crippen LogP contribution is 2.08. The van der Waals surface area contributed by atoms with E-state index in [9.17, 15) is 0 Å². The van der Waals surface area contributed by atoms with E-state index < -0.39 is 0 Å². The highest BCUT2D eigenvalue weighted by atomic mass is 16.5. The molecule has 1 N–H and O–H groups in total. The molecule has 0 radical (unpaired) electrons. The van der Waals surface area contributed by atoms with Crippen LogP contribution < -0.4 is 5.32 Å². The first-order valence-corrected chi connectivity index (χ1v) is 5.29. The van der Waals surface area contributed by atoms with E-state index in [0.717, 1.165) is 18.0 Å². The van der Waals surface area contributed by atoms with Crippen molar-refractivity contribution in [2.75, 3.05) is 0 Å². The van der Waals surface area contributed by atoms with Gasteiger partial charge in [0.15, 0.2) is 0 Å². The van der Waals surface area contributed by atoms with Gasteiger partial charge in [0.1, 0.15) is 5.76 Å². The van der Waals surface area contributed by atoms with Crippen molar-refractivity contribution in [2.45, 2.75) is 46.7 Å². The SMILES string of the molecule is CCC(C)C(C)NCc1cc(C)on1. The summed E-state index contributed by atoms with van der Waals surface area (Å²) in [4.78, 5) is 0. The molecule has 80 valence electrons. The zero-order chi connectivity index (χ0) is 10.6. The smallest absolute Gasteiger partial charge is 0.133 e. The van der Waals surface area contributed by atoms with Gasteiger partial charge in [-0.1, -0.05) is 25.4 Å². The van der Waals surface area contributed by atoms with Crippen molar-refractivity contribution >= 4 is 0 Å². The maximum atomic E-state index is 4.99. The zero-order valence-corrected chi connectivity index (χ0v) is 9.50. The van der Waals surface area contributed by atoms with Crippen molar-refractivity contribution in [3.8, 4) is 0 Å². The number of rotatable bonds is 5. The van der Waals surface area contributed by atoms with Crippen LogP contribution in [0.25, 0.3) is 0 Å². The van der Waals surface area contributed by atoms with Crippen LogP contribution in [-0.4, -0.2) is 11.2 Å². The van der Waals surface area contributed by atoms with E-state index >= 15 is 0 Å². The Morgan fingerprint density at radius 3 is 2.71 bits per heavy atom. The molecule has 3 nitrogen and oxygen atoms in total. The van der Waals surface area contributed by atoms with E-state index in [1.165, 1.54) is 6.42 Å². The van der Waals surface area contributed by atoms with E-state index in [0.29, 0.717) is 12.0 Å². The maximum Gasteiger partial charge on any atom is 0.133 e. The normalized spacial score (nSPS) is 15.4. The first-order chi connectivity index (χ1) is 6.63. The minimum atomic E-state index is 0.525. The van der Waals surface area contributed by atoms with Crippen LogP contribution in [0.1, 0.15) is 38.6 Å². The third-order valence-electron chi connectivity index (χ3n) is 2.78. The highest BCUT2D eigenvalue weighted by molar-refractivity contribution is 5.03. The molecule has 2 atom stereocenters. The second kappa shape index (κ2) is 5.15. The monoisotopic (exact) mass is 196 g/mol. The third-order valence-corrected chi connectivity index (χ3v) is 2.78. The van der Waals surface area contributed by atoms with E-state index in [4.69, 9.17) is 4.52 Å². The molecule has 2 unspecified atom stereocenters. The molecule has 0 spiro atoms. The van der Waals surface area contributed by atoms with Crippen LogP contribution in [-0.2, 0) is 6.54 Å². The minimum Gasteiger partial charge on any atom is -0.361 e. The van der Waals surface area contributed by atoms with Crippen molar-refractivity contribution in [3.05, 3.63) is 17.5 Å². The molecule has 14 heavy (non-hydrogen) atoms. The largest absolute Gasteiger partial charge is 0.361 e. The Labute approximate surface area is 85.9 Å². The van der Waals surface area contributed by atoms with Gasteiger partial charge in [0.25, 0.3) is 0 Å². The van der Waals surface area contributed by atoms with Gasteiger partial charge < -0.3 is 9.84 Å². The second-order valence-electron chi connectivity index (χ2n) is 3.98. The van der Waals surface area contributed by atoms with Gasteiger partial charge in [-0.3, -0.25) is 0 Å². The van der Waals surface area contributed by atoms with Crippen LogP contribution in [0.4, 0.5) is 0 Å². The summed E-state index contributed by atoms with van der Waals surface area (Å²) in [7, 11) is 0. The van der Waals surface area contributed by atoms with Gasteiger partial charge in [-0.05, 0) is 19.8 Å². The van der Waals surface area contributed by atoms with Crippen molar-refractivity contribution in [1.82, 2.24) is 10.5 Å². The molecule has 0 amide bonds. The predicted molar refractivity (Wildman–Crippen MR) is 57.0 cm³/mol. The molecule has 0 aliphatic rings. The standard InChI is InChI=1S/C11H20N2O/c1-5-8(2)10(4)12-7-11-6-9(3)14-13-11/h6,8,10,12H,5,7H2,1-4H3. The van der Waals surface area contributed by atoms with Gasteiger partial charge in [0.2, 0.25) is 0 Å². The maximum absolute atomic E-state index is 4.99. The molecule has 0 aliphatic carbocycles. The lowest BCUT2D eigenvalue weighted by Crippen LogP contribution is -2.31. The van der Waals surface area contributed by atoms with Gasteiger partial charge in [0.05, 0.1) is 5.69 Å². The molecule has 1 aromatic rings. The molecular formula is C11H20N2O. The number of aryl methyl sites for hydroxylation is 1. The number of nitrogens with zero attached hydrogens (tertiary/aromatic N) is 1. The summed E-state index contributed by atoms with van der Waals surface area (Å²) in [5.74, 6) is 1.57. The topological polar surface area (TPSA) is 38.1 Å². The Morgan fingerprint density at radius 2 is 2.21 bits per heavy atom. The molecule has 0 saturated carbocycles. The van der Waals surface area contributed by atoms with E-state index in [1.54, 1.807) is 0 Å². The lowest BCUT2D eigenvalue weighted by molar-refractivity contribution is 0.367. The van der Waals surface area contributed by atoms with Crippen LogP contribution in [0.3, 0.4) is 0 Å². The molecule has 0 saturated heterocycles. The van der Waals surface area contributed by atoms with Crippen LogP contribution in [0.5, 0.6) is 0 Å². The summed E-state index contributed by atoms with van der Waals surface area (Å²) >= 11 is 0. The Kier molecular flexibility index (Phi) is 4.14. The molecule has 0 fully saturated rings. The molecule has 0 bridgehead atoms. The van der Waals surface area contributed by atoms with Gasteiger partial charge in [-0.25, -0.2) is 0 Å². The van der Waals surface area contributed by atoms with Gasteiger partial charge >= 0.3 is 0 Å².